The fourth-order valence-corrected chi connectivity index (χ4v) is 3.20. The number of hydrogen-bond acceptors (Lipinski definition) is 3. The van der Waals surface area contributed by atoms with Crippen LogP contribution >= 0.6 is 0 Å². The zero-order chi connectivity index (χ0) is 11.2. The highest BCUT2D eigenvalue weighted by Gasteiger charge is 2.36. The van der Waals surface area contributed by atoms with Gasteiger partial charge in [0.2, 0.25) is 0 Å². The van der Waals surface area contributed by atoms with Crippen LogP contribution in [-0.2, 0) is 0 Å². The van der Waals surface area contributed by atoms with Crippen molar-refractivity contribution in [1.29, 1.82) is 0 Å². The zero-order valence-corrected chi connectivity index (χ0v) is 10.2. The summed E-state index contributed by atoms with van der Waals surface area (Å²) in [5.74, 6) is 0.701. The molecule has 1 unspecified atom stereocenters. The molecule has 1 saturated carbocycles. The monoisotopic (exact) mass is 232 g/mol. The van der Waals surface area contributed by atoms with Crippen LogP contribution in [0.15, 0.2) is 12.5 Å². The Morgan fingerprint density at radius 2 is 2.06 bits per heavy atom. The van der Waals surface area contributed by atoms with Gasteiger partial charge >= 0.3 is 0 Å². The Kier molecular flexibility index (Phi) is 2.27. The summed E-state index contributed by atoms with van der Waals surface area (Å²) in [6.45, 7) is 4.79. The Morgan fingerprint density at radius 3 is 2.76 bits per heavy atom. The molecule has 3 fully saturated rings. The Hall–Kier alpha value is -0.870. The smallest absolute Gasteiger partial charge is 0.0951 e. The second kappa shape index (κ2) is 3.82. The van der Waals surface area contributed by atoms with Gasteiger partial charge in [0.1, 0.15) is 0 Å². The van der Waals surface area contributed by atoms with Gasteiger partial charge in [0.25, 0.3) is 0 Å². The molecule has 3 heterocycles. The summed E-state index contributed by atoms with van der Waals surface area (Å²) in [7, 11) is 0. The van der Waals surface area contributed by atoms with Gasteiger partial charge in [-0.2, -0.15) is 0 Å². The second-order valence-corrected chi connectivity index (χ2v) is 5.75. The summed E-state index contributed by atoms with van der Waals surface area (Å²) in [6, 6.07) is 1.59. The molecule has 0 bridgehead atoms. The summed E-state index contributed by atoms with van der Waals surface area (Å²) < 4.78 is 2.45. The van der Waals surface area contributed by atoms with E-state index in [1.54, 1.807) is 0 Å². The molecule has 0 amide bonds. The number of likely N-dealkylation sites (tertiary alicyclic amines) is 1. The lowest BCUT2D eigenvalue weighted by atomic mass is 9.99. The second-order valence-electron chi connectivity index (χ2n) is 5.75. The third-order valence-corrected chi connectivity index (χ3v) is 4.55. The van der Waals surface area contributed by atoms with Crippen LogP contribution in [0.4, 0.5) is 0 Å². The average Bonchev–Trinajstić information content (AvgIpc) is 2.83. The van der Waals surface area contributed by atoms with Crippen molar-refractivity contribution in [3.63, 3.8) is 0 Å². The highest BCUT2D eigenvalue weighted by Crippen LogP contribution is 2.34. The molecule has 1 aliphatic carbocycles. The normalized spacial score (nSPS) is 30.7. The Morgan fingerprint density at radius 1 is 1.18 bits per heavy atom. The molecule has 0 radical (unpaired) electrons. The van der Waals surface area contributed by atoms with Crippen molar-refractivity contribution in [2.24, 2.45) is 0 Å². The van der Waals surface area contributed by atoms with E-state index in [1.807, 2.05) is 0 Å². The SMILES string of the molecule is c1ncn(C2CCN(C3CC3)C2)c1C1CNC1. The number of aromatic nitrogens is 2. The van der Waals surface area contributed by atoms with E-state index >= 15 is 0 Å². The molecule has 4 nitrogen and oxygen atoms in total. The van der Waals surface area contributed by atoms with E-state index in [-0.39, 0.29) is 0 Å². The van der Waals surface area contributed by atoms with E-state index in [1.165, 1.54) is 38.0 Å². The molecule has 1 aromatic heterocycles. The van der Waals surface area contributed by atoms with E-state index in [0.717, 1.165) is 19.1 Å². The molecule has 1 atom stereocenters. The first-order chi connectivity index (χ1) is 8.42. The summed E-state index contributed by atoms with van der Waals surface area (Å²) in [4.78, 5) is 7.05. The Labute approximate surface area is 102 Å². The molecule has 3 aliphatic rings. The molecule has 1 aromatic rings. The molecule has 4 rings (SSSR count). The van der Waals surface area contributed by atoms with Crippen molar-refractivity contribution in [3.05, 3.63) is 18.2 Å². The third kappa shape index (κ3) is 1.70. The van der Waals surface area contributed by atoms with E-state index in [2.05, 4.69) is 32.3 Å². The van der Waals surface area contributed by atoms with Gasteiger partial charge in [-0.15, -0.1) is 0 Å². The maximum absolute atomic E-state index is 4.37. The van der Waals surface area contributed by atoms with Crippen LogP contribution in [-0.4, -0.2) is 46.7 Å². The molecule has 92 valence electrons. The van der Waals surface area contributed by atoms with Gasteiger partial charge in [-0.1, -0.05) is 0 Å². The number of hydrogen-bond donors (Lipinski definition) is 1. The Bertz CT molecular complexity index is 405. The van der Waals surface area contributed by atoms with Crippen molar-refractivity contribution < 1.29 is 0 Å². The van der Waals surface area contributed by atoms with Gasteiger partial charge in [0, 0.05) is 56.1 Å². The molecular weight excluding hydrogens is 212 g/mol. The lowest BCUT2D eigenvalue weighted by Crippen LogP contribution is -2.41. The molecule has 4 heteroatoms. The molecule has 2 saturated heterocycles. The van der Waals surface area contributed by atoms with Crippen LogP contribution < -0.4 is 5.32 Å². The summed E-state index contributed by atoms with van der Waals surface area (Å²) in [6.07, 6.45) is 8.28. The lowest BCUT2D eigenvalue weighted by Gasteiger charge is -2.29. The molecule has 17 heavy (non-hydrogen) atoms. The minimum Gasteiger partial charge on any atom is -0.330 e. The van der Waals surface area contributed by atoms with Gasteiger partial charge in [-0.3, -0.25) is 4.90 Å². The van der Waals surface area contributed by atoms with Crippen LogP contribution in [0, 0.1) is 0 Å². The van der Waals surface area contributed by atoms with Crippen LogP contribution in [0.5, 0.6) is 0 Å². The minimum absolute atomic E-state index is 0.675. The molecular formula is C13H20N4. The quantitative estimate of drug-likeness (QED) is 0.843. The van der Waals surface area contributed by atoms with E-state index in [9.17, 15) is 0 Å². The summed E-state index contributed by atoms with van der Waals surface area (Å²) >= 11 is 0. The van der Waals surface area contributed by atoms with Gasteiger partial charge in [0.15, 0.2) is 0 Å². The fourth-order valence-electron chi connectivity index (χ4n) is 3.20. The van der Waals surface area contributed by atoms with Crippen LogP contribution in [0.3, 0.4) is 0 Å². The first-order valence-electron chi connectivity index (χ1n) is 6.88. The minimum atomic E-state index is 0.675. The zero-order valence-electron chi connectivity index (χ0n) is 10.2. The number of imidazole rings is 1. The fraction of sp³-hybridized carbons (Fsp3) is 0.769. The van der Waals surface area contributed by atoms with Crippen LogP contribution in [0.2, 0.25) is 0 Å². The number of nitrogens with zero attached hydrogens (tertiary/aromatic N) is 3. The molecule has 0 spiro atoms. The molecule has 2 aliphatic heterocycles. The maximum atomic E-state index is 4.37. The van der Waals surface area contributed by atoms with Crippen molar-refractivity contribution in [1.82, 2.24) is 19.8 Å². The summed E-state index contributed by atoms with van der Waals surface area (Å²) in [5, 5.41) is 3.35. The van der Waals surface area contributed by atoms with E-state index in [4.69, 9.17) is 0 Å². The number of nitrogens with one attached hydrogen (secondary N) is 1. The first-order valence-corrected chi connectivity index (χ1v) is 6.88. The van der Waals surface area contributed by atoms with Crippen molar-refractivity contribution >= 4 is 0 Å². The standard InChI is InChI=1S/C13H20N4/c1-2-11(1)16-4-3-12(8-16)17-9-15-7-13(17)10-5-14-6-10/h7,9-12,14H,1-6,8H2. The van der Waals surface area contributed by atoms with Crippen molar-refractivity contribution in [2.75, 3.05) is 26.2 Å². The van der Waals surface area contributed by atoms with E-state index < -0.39 is 0 Å². The number of rotatable bonds is 3. The van der Waals surface area contributed by atoms with Gasteiger partial charge < -0.3 is 9.88 Å². The largest absolute Gasteiger partial charge is 0.330 e. The van der Waals surface area contributed by atoms with Gasteiger partial charge in [0.05, 0.1) is 6.33 Å². The predicted molar refractivity (Wildman–Crippen MR) is 66.1 cm³/mol. The average molecular weight is 232 g/mol. The third-order valence-electron chi connectivity index (χ3n) is 4.55. The summed E-state index contributed by atoms with van der Waals surface area (Å²) in [5.41, 5.74) is 1.45. The van der Waals surface area contributed by atoms with Gasteiger partial charge in [-0.05, 0) is 19.3 Å². The van der Waals surface area contributed by atoms with E-state index in [0.29, 0.717) is 12.0 Å². The van der Waals surface area contributed by atoms with Crippen LogP contribution in [0.25, 0.3) is 0 Å². The van der Waals surface area contributed by atoms with Crippen molar-refractivity contribution in [3.8, 4) is 0 Å². The topological polar surface area (TPSA) is 33.1 Å². The van der Waals surface area contributed by atoms with Crippen LogP contribution in [0.1, 0.15) is 36.9 Å². The highest BCUT2D eigenvalue weighted by atomic mass is 15.3. The lowest BCUT2D eigenvalue weighted by molar-refractivity contribution is 0.310. The maximum Gasteiger partial charge on any atom is 0.0951 e. The Balaban J connectivity index is 1.52. The van der Waals surface area contributed by atoms with Gasteiger partial charge in [-0.25, -0.2) is 4.98 Å². The first kappa shape index (κ1) is 10.1. The highest BCUT2D eigenvalue weighted by molar-refractivity contribution is 5.13. The molecule has 0 aromatic carbocycles. The molecule has 1 N–H and O–H groups in total. The predicted octanol–water partition coefficient (Wildman–Crippen LogP) is 0.979. The van der Waals surface area contributed by atoms with Crippen molar-refractivity contribution in [2.45, 2.75) is 37.3 Å².